The highest BCUT2D eigenvalue weighted by molar-refractivity contribution is 5.67. The van der Waals surface area contributed by atoms with Crippen LogP contribution in [0, 0.1) is 5.82 Å². The van der Waals surface area contributed by atoms with Crippen molar-refractivity contribution in [3.63, 3.8) is 0 Å². The van der Waals surface area contributed by atoms with Gasteiger partial charge in [-0.15, -0.1) is 10.2 Å². The zero-order chi connectivity index (χ0) is 14.1. The van der Waals surface area contributed by atoms with Crippen LogP contribution >= 0.6 is 0 Å². The second kappa shape index (κ2) is 4.80. The van der Waals surface area contributed by atoms with Gasteiger partial charge in [0, 0.05) is 11.8 Å². The number of hydrogen-bond donors (Lipinski definition) is 1. The predicted octanol–water partition coefficient (Wildman–Crippen LogP) is 2.52. The number of hydrogen-bond acceptors (Lipinski definition) is 4. The number of fused-ring (bicyclic) bond motifs is 1. The van der Waals surface area contributed by atoms with E-state index in [4.69, 9.17) is 10.5 Å². The molecule has 20 heavy (non-hydrogen) atoms. The van der Waals surface area contributed by atoms with Crippen molar-refractivity contribution in [3.8, 4) is 17.1 Å². The average Bonchev–Trinajstić information content (AvgIpc) is 2.84. The summed E-state index contributed by atoms with van der Waals surface area (Å²) in [5, 5.41) is 8.10. The van der Waals surface area contributed by atoms with Crippen molar-refractivity contribution in [2.24, 2.45) is 0 Å². The van der Waals surface area contributed by atoms with E-state index in [1.54, 1.807) is 28.7 Å². The molecule has 0 aliphatic rings. The third kappa shape index (κ3) is 2.05. The smallest absolute Gasteiger partial charge is 0.168 e. The SMILES string of the molecule is CCOc1cc(-c2nnc3ccc(F)cn23)ccc1N. The van der Waals surface area contributed by atoms with Gasteiger partial charge in [0.2, 0.25) is 0 Å². The van der Waals surface area contributed by atoms with Crippen molar-refractivity contribution in [3.05, 3.63) is 42.3 Å². The highest BCUT2D eigenvalue weighted by Crippen LogP contribution is 2.28. The lowest BCUT2D eigenvalue weighted by atomic mass is 10.2. The molecule has 5 nitrogen and oxygen atoms in total. The minimum absolute atomic E-state index is 0.348. The van der Waals surface area contributed by atoms with Crippen molar-refractivity contribution in [1.82, 2.24) is 14.6 Å². The summed E-state index contributed by atoms with van der Waals surface area (Å²) in [6.07, 6.45) is 1.35. The third-order valence-electron chi connectivity index (χ3n) is 2.94. The Morgan fingerprint density at radius 2 is 2.10 bits per heavy atom. The van der Waals surface area contributed by atoms with Crippen LogP contribution in [0.4, 0.5) is 10.1 Å². The first-order chi connectivity index (χ1) is 9.69. The number of ether oxygens (including phenoxy) is 1. The Hall–Kier alpha value is -2.63. The van der Waals surface area contributed by atoms with Crippen LogP contribution in [0.3, 0.4) is 0 Å². The van der Waals surface area contributed by atoms with E-state index in [1.807, 2.05) is 6.92 Å². The number of anilines is 1. The fourth-order valence-corrected chi connectivity index (χ4v) is 2.02. The molecule has 0 spiro atoms. The zero-order valence-electron chi connectivity index (χ0n) is 10.9. The molecule has 0 radical (unpaired) electrons. The van der Waals surface area contributed by atoms with Crippen LogP contribution in [-0.4, -0.2) is 21.2 Å². The summed E-state index contributed by atoms with van der Waals surface area (Å²) in [4.78, 5) is 0. The largest absolute Gasteiger partial charge is 0.492 e. The van der Waals surface area contributed by atoms with Crippen LogP contribution in [0.5, 0.6) is 5.75 Å². The third-order valence-corrected chi connectivity index (χ3v) is 2.94. The molecule has 0 saturated carbocycles. The molecule has 0 saturated heterocycles. The molecular weight excluding hydrogens is 259 g/mol. The fourth-order valence-electron chi connectivity index (χ4n) is 2.02. The van der Waals surface area contributed by atoms with Crippen LogP contribution in [0.1, 0.15) is 6.92 Å². The van der Waals surface area contributed by atoms with E-state index >= 15 is 0 Å². The Kier molecular flexibility index (Phi) is 2.98. The Balaban J connectivity index is 2.15. The molecule has 3 rings (SSSR count). The summed E-state index contributed by atoms with van der Waals surface area (Å²) >= 11 is 0. The summed E-state index contributed by atoms with van der Waals surface area (Å²) in [5.74, 6) is 0.776. The first kappa shape index (κ1) is 12.4. The number of aromatic nitrogens is 3. The highest BCUT2D eigenvalue weighted by Gasteiger charge is 2.11. The monoisotopic (exact) mass is 272 g/mol. The molecule has 0 bridgehead atoms. The van der Waals surface area contributed by atoms with E-state index in [0.717, 1.165) is 5.56 Å². The molecule has 3 aromatic rings. The number of pyridine rings is 1. The fraction of sp³-hybridized carbons (Fsp3) is 0.143. The maximum atomic E-state index is 13.4. The van der Waals surface area contributed by atoms with E-state index in [0.29, 0.717) is 29.5 Å². The van der Waals surface area contributed by atoms with Gasteiger partial charge in [-0.3, -0.25) is 4.40 Å². The van der Waals surface area contributed by atoms with Crippen molar-refractivity contribution >= 4 is 11.3 Å². The second-order valence-electron chi connectivity index (χ2n) is 4.28. The predicted molar refractivity (Wildman–Crippen MR) is 74.0 cm³/mol. The Labute approximate surface area is 114 Å². The lowest BCUT2D eigenvalue weighted by molar-refractivity contribution is 0.342. The summed E-state index contributed by atoms with van der Waals surface area (Å²) in [6.45, 7) is 2.40. The Morgan fingerprint density at radius 3 is 2.90 bits per heavy atom. The number of nitrogens with zero attached hydrogens (tertiary/aromatic N) is 3. The lowest BCUT2D eigenvalue weighted by Crippen LogP contribution is -1.98. The maximum absolute atomic E-state index is 13.4. The van der Waals surface area contributed by atoms with Gasteiger partial charge < -0.3 is 10.5 Å². The number of halogens is 1. The molecule has 0 atom stereocenters. The molecule has 6 heteroatoms. The quantitative estimate of drug-likeness (QED) is 0.744. The molecule has 1 aromatic carbocycles. The van der Waals surface area contributed by atoms with Crippen LogP contribution in [-0.2, 0) is 0 Å². The van der Waals surface area contributed by atoms with E-state index < -0.39 is 0 Å². The highest BCUT2D eigenvalue weighted by atomic mass is 19.1. The number of benzene rings is 1. The minimum atomic E-state index is -0.348. The van der Waals surface area contributed by atoms with E-state index in [2.05, 4.69) is 10.2 Å². The minimum Gasteiger partial charge on any atom is -0.492 e. The number of nitrogens with two attached hydrogens (primary N) is 1. The van der Waals surface area contributed by atoms with E-state index in [9.17, 15) is 4.39 Å². The first-order valence-corrected chi connectivity index (χ1v) is 6.22. The molecule has 0 amide bonds. The molecular formula is C14H13FN4O. The summed E-state index contributed by atoms with van der Waals surface area (Å²) in [7, 11) is 0. The van der Waals surface area contributed by atoms with Crippen LogP contribution in [0.2, 0.25) is 0 Å². The van der Waals surface area contributed by atoms with E-state index in [-0.39, 0.29) is 5.82 Å². The van der Waals surface area contributed by atoms with Gasteiger partial charge >= 0.3 is 0 Å². The normalized spacial score (nSPS) is 10.9. The van der Waals surface area contributed by atoms with Gasteiger partial charge in [-0.1, -0.05) is 0 Å². The molecule has 2 heterocycles. The zero-order valence-corrected chi connectivity index (χ0v) is 10.9. The topological polar surface area (TPSA) is 65.4 Å². The molecule has 2 N–H and O–H groups in total. The first-order valence-electron chi connectivity index (χ1n) is 6.22. The van der Waals surface area contributed by atoms with Crippen molar-refractivity contribution < 1.29 is 9.13 Å². The van der Waals surface area contributed by atoms with Gasteiger partial charge in [-0.25, -0.2) is 4.39 Å². The van der Waals surface area contributed by atoms with Crippen molar-refractivity contribution in [1.29, 1.82) is 0 Å². The Bertz CT molecular complexity index is 769. The number of rotatable bonds is 3. The van der Waals surface area contributed by atoms with Gasteiger partial charge in [0.05, 0.1) is 12.3 Å². The summed E-state index contributed by atoms with van der Waals surface area (Å²) in [6, 6.07) is 8.25. The summed E-state index contributed by atoms with van der Waals surface area (Å²) < 4.78 is 20.4. The van der Waals surface area contributed by atoms with Crippen molar-refractivity contribution in [2.45, 2.75) is 6.92 Å². The van der Waals surface area contributed by atoms with Gasteiger partial charge in [0.1, 0.15) is 11.6 Å². The molecule has 2 aromatic heterocycles. The summed E-state index contributed by atoms with van der Waals surface area (Å²) in [5.41, 5.74) is 7.73. The second-order valence-corrected chi connectivity index (χ2v) is 4.28. The molecule has 0 unspecified atom stereocenters. The van der Waals surface area contributed by atoms with Gasteiger partial charge in [-0.05, 0) is 37.3 Å². The lowest BCUT2D eigenvalue weighted by Gasteiger charge is -2.08. The molecule has 0 aliphatic carbocycles. The molecule has 0 aliphatic heterocycles. The van der Waals surface area contributed by atoms with Crippen LogP contribution in [0.25, 0.3) is 17.0 Å². The Morgan fingerprint density at radius 1 is 1.25 bits per heavy atom. The van der Waals surface area contributed by atoms with Gasteiger partial charge in [-0.2, -0.15) is 0 Å². The molecule has 102 valence electrons. The van der Waals surface area contributed by atoms with Crippen LogP contribution in [0.15, 0.2) is 36.5 Å². The number of nitrogen functional groups attached to an aromatic ring is 1. The maximum Gasteiger partial charge on any atom is 0.168 e. The van der Waals surface area contributed by atoms with Crippen LogP contribution < -0.4 is 10.5 Å². The van der Waals surface area contributed by atoms with E-state index in [1.165, 1.54) is 12.3 Å². The average molecular weight is 272 g/mol. The standard InChI is InChI=1S/C14H13FN4O/c1-2-20-12-7-9(3-5-11(12)16)14-18-17-13-6-4-10(15)8-19(13)14/h3-8H,2,16H2,1H3. The van der Waals surface area contributed by atoms with Gasteiger partial charge in [0.15, 0.2) is 11.5 Å². The molecule has 0 fully saturated rings. The van der Waals surface area contributed by atoms with Crippen molar-refractivity contribution in [2.75, 3.05) is 12.3 Å². The van der Waals surface area contributed by atoms with Gasteiger partial charge in [0.25, 0.3) is 0 Å².